The van der Waals surface area contributed by atoms with Gasteiger partial charge in [0.15, 0.2) is 0 Å². The van der Waals surface area contributed by atoms with E-state index in [-0.39, 0.29) is 25.7 Å². The Labute approximate surface area is 212 Å². The van der Waals surface area contributed by atoms with Gasteiger partial charge in [-0.3, -0.25) is 24.0 Å². The van der Waals surface area contributed by atoms with E-state index in [2.05, 4.69) is 25.9 Å². The first-order valence-corrected chi connectivity index (χ1v) is 11.5. The number of hydrogen-bond donors (Lipinski definition) is 9. The number of imidazole rings is 1. The minimum Gasteiger partial charge on any atom is -0.481 e. The lowest BCUT2D eigenvalue weighted by atomic mass is 10.0. The number of aromatic nitrogens is 2. The quantitative estimate of drug-likeness (QED) is 0.0853. The molecule has 0 radical (unpaired) electrons. The molecule has 0 aliphatic heterocycles. The summed E-state index contributed by atoms with van der Waals surface area (Å²) in [5.74, 6) is -6.07. The van der Waals surface area contributed by atoms with Gasteiger partial charge in [0.1, 0.15) is 18.1 Å². The zero-order valence-electron chi connectivity index (χ0n) is 20.1. The van der Waals surface area contributed by atoms with E-state index in [1.807, 2.05) is 0 Å². The van der Waals surface area contributed by atoms with Gasteiger partial charge in [0, 0.05) is 24.7 Å². The van der Waals surface area contributed by atoms with Crippen LogP contribution >= 0.6 is 0 Å². The van der Waals surface area contributed by atoms with Crippen LogP contribution in [0.5, 0.6) is 0 Å². The number of aliphatic carboxylic acids is 2. The summed E-state index contributed by atoms with van der Waals surface area (Å²) in [6, 6.07) is -5.35. The normalized spacial score (nSPS) is 14.0. The van der Waals surface area contributed by atoms with Crippen molar-refractivity contribution in [2.75, 3.05) is 6.54 Å². The summed E-state index contributed by atoms with van der Waals surface area (Å²) in [6.45, 7) is 0.319. The van der Waals surface area contributed by atoms with Gasteiger partial charge in [-0.05, 0) is 32.2 Å². The Morgan fingerprint density at radius 3 is 2.08 bits per heavy atom. The first-order chi connectivity index (χ1) is 17.4. The molecule has 16 nitrogen and oxygen atoms in total. The number of primary amides is 1. The SMILES string of the molecule is NCCCCC(NC(=O)C(N)CCC(=O)O)C(=O)NC(CC(N)=O)C(=O)NC(Cc1cnc[nH]1)C(=O)O. The molecule has 16 heteroatoms. The van der Waals surface area contributed by atoms with E-state index in [0.717, 1.165) is 0 Å². The smallest absolute Gasteiger partial charge is 0.326 e. The van der Waals surface area contributed by atoms with Gasteiger partial charge in [0.25, 0.3) is 0 Å². The van der Waals surface area contributed by atoms with E-state index in [4.69, 9.17) is 22.3 Å². The highest BCUT2D eigenvalue weighted by atomic mass is 16.4. The van der Waals surface area contributed by atoms with E-state index in [1.54, 1.807) is 0 Å². The highest BCUT2D eigenvalue weighted by Crippen LogP contribution is 2.06. The molecule has 0 saturated heterocycles. The fourth-order valence-corrected chi connectivity index (χ4v) is 3.22. The first kappa shape index (κ1) is 31.0. The minimum absolute atomic E-state index is 0.100. The summed E-state index contributed by atoms with van der Waals surface area (Å²) in [4.78, 5) is 78.6. The van der Waals surface area contributed by atoms with Crippen LogP contribution in [0.1, 0.15) is 44.2 Å². The number of aromatic amines is 1. The Hall–Kier alpha value is -4.05. The van der Waals surface area contributed by atoms with Crippen molar-refractivity contribution < 1.29 is 39.0 Å². The number of hydrogen-bond acceptors (Lipinski definition) is 9. The summed E-state index contributed by atoms with van der Waals surface area (Å²) in [5, 5.41) is 25.2. The monoisotopic (exact) mass is 526 g/mol. The third-order valence-electron chi connectivity index (χ3n) is 5.22. The van der Waals surface area contributed by atoms with Gasteiger partial charge < -0.3 is 48.3 Å². The predicted octanol–water partition coefficient (Wildman–Crippen LogP) is -3.31. The summed E-state index contributed by atoms with van der Waals surface area (Å²) >= 11 is 0. The average Bonchev–Trinajstić information content (AvgIpc) is 3.33. The molecule has 4 amide bonds. The Morgan fingerprint density at radius 2 is 1.54 bits per heavy atom. The largest absolute Gasteiger partial charge is 0.481 e. The molecule has 4 atom stereocenters. The van der Waals surface area contributed by atoms with E-state index < -0.39 is 66.2 Å². The second-order valence-electron chi connectivity index (χ2n) is 8.30. The van der Waals surface area contributed by atoms with Gasteiger partial charge >= 0.3 is 11.9 Å². The molecular weight excluding hydrogens is 492 g/mol. The number of rotatable bonds is 18. The lowest BCUT2D eigenvalue weighted by Crippen LogP contribution is -2.58. The standard InChI is InChI=1S/C21H34N8O8/c22-6-2-1-3-13(27-18(33)12(23)4-5-17(31)32)19(34)28-14(8-16(24)30)20(35)29-15(21(36)37)7-11-9-25-10-26-11/h9-10,12-15H,1-8,22-23H2,(H2,24,30)(H,25,26)(H,27,33)(H,28,34)(H,29,35)(H,31,32)(H,36,37). The van der Waals surface area contributed by atoms with Gasteiger partial charge in [-0.25, -0.2) is 9.78 Å². The Kier molecular flexibility index (Phi) is 13.3. The Balaban J connectivity index is 2.97. The number of carboxylic acids is 2. The number of H-pyrrole nitrogens is 1. The van der Waals surface area contributed by atoms with E-state index >= 15 is 0 Å². The van der Waals surface area contributed by atoms with Gasteiger partial charge in [0.2, 0.25) is 23.6 Å². The van der Waals surface area contributed by atoms with Crippen molar-refractivity contribution in [3.63, 3.8) is 0 Å². The molecule has 206 valence electrons. The van der Waals surface area contributed by atoms with E-state index in [0.29, 0.717) is 25.1 Å². The van der Waals surface area contributed by atoms with Gasteiger partial charge in [0.05, 0.1) is 18.8 Å². The van der Waals surface area contributed by atoms with Crippen LogP contribution in [0.2, 0.25) is 0 Å². The van der Waals surface area contributed by atoms with Crippen LogP contribution < -0.4 is 33.2 Å². The van der Waals surface area contributed by atoms with E-state index in [9.17, 15) is 33.9 Å². The molecule has 4 unspecified atom stereocenters. The number of nitrogens with zero attached hydrogens (tertiary/aromatic N) is 1. The lowest BCUT2D eigenvalue weighted by molar-refractivity contribution is -0.142. The van der Waals surface area contributed by atoms with Crippen molar-refractivity contribution in [3.8, 4) is 0 Å². The summed E-state index contributed by atoms with van der Waals surface area (Å²) in [5.41, 5.74) is 16.8. The molecule has 0 aliphatic carbocycles. The van der Waals surface area contributed by atoms with Crippen molar-refractivity contribution in [3.05, 3.63) is 18.2 Å². The molecule has 0 spiro atoms. The third-order valence-corrected chi connectivity index (χ3v) is 5.22. The minimum atomic E-state index is -1.54. The summed E-state index contributed by atoms with van der Waals surface area (Å²) in [6.07, 6.45) is 2.42. The predicted molar refractivity (Wildman–Crippen MR) is 127 cm³/mol. The van der Waals surface area contributed by atoms with Crippen LogP contribution in [-0.2, 0) is 35.2 Å². The van der Waals surface area contributed by atoms with Gasteiger partial charge in [-0.2, -0.15) is 0 Å². The van der Waals surface area contributed by atoms with Crippen molar-refractivity contribution in [1.82, 2.24) is 25.9 Å². The summed E-state index contributed by atoms with van der Waals surface area (Å²) < 4.78 is 0. The van der Waals surface area contributed by atoms with Crippen LogP contribution in [0.15, 0.2) is 12.5 Å². The number of carboxylic acid groups (broad SMARTS) is 2. The lowest BCUT2D eigenvalue weighted by Gasteiger charge is -2.24. The molecule has 1 aromatic rings. The zero-order valence-corrected chi connectivity index (χ0v) is 20.1. The maximum atomic E-state index is 13.0. The zero-order chi connectivity index (χ0) is 28.0. The number of amides is 4. The topological polar surface area (TPSA) is 286 Å². The van der Waals surface area contributed by atoms with Crippen LogP contribution in [0.25, 0.3) is 0 Å². The fraction of sp³-hybridized carbons (Fsp3) is 0.571. The van der Waals surface area contributed by atoms with Crippen LogP contribution in [0.3, 0.4) is 0 Å². The molecule has 12 N–H and O–H groups in total. The maximum absolute atomic E-state index is 13.0. The third kappa shape index (κ3) is 12.0. The molecule has 1 rings (SSSR count). The Morgan fingerprint density at radius 1 is 0.919 bits per heavy atom. The van der Waals surface area contributed by atoms with Crippen molar-refractivity contribution in [1.29, 1.82) is 0 Å². The number of carbonyl (C=O) groups excluding carboxylic acids is 4. The Bertz CT molecular complexity index is 939. The summed E-state index contributed by atoms with van der Waals surface area (Å²) in [7, 11) is 0. The molecule has 37 heavy (non-hydrogen) atoms. The van der Waals surface area contributed by atoms with Gasteiger partial charge in [-0.1, -0.05) is 0 Å². The second-order valence-corrected chi connectivity index (χ2v) is 8.30. The van der Waals surface area contributed by atoms with Gasteiger partial charge in [-0.15, -0.1) is 0 Å². The highest BCUT2D eigenvalue weighted by molar-refractivity contribution is 5.96. The van der Waals surface area contributed by atoms with Crippen molar-refractivity contribution >= 4 is 35.6 Å². The number of carbonyl (C=O) groups is 6. The molecular formula is C21H34N8O8. The number of nitrogens with one attached hydrogen (secondary N) is 4. The van der Waals surface area contributed by atoms with Crippen molar-refractivity contribution in [2.45, 2.75) is 69.1 Å². The van der Waals surface area contributed by atoms with Crippen molar-refractivity contribution in [2.24, 2.45) is 17.2 Å². The van der Waals surface area contributed by atoms with E-state index in [1.165, 1.54) is 12.5 Å². The molecule has 0 bridgehead atoms. The maximum Gasteiger partial charge on any atom is 0.326 e. The molecule has 0 aliphatic rings. The molecule has 0 fully saturated rings. The average molecular weight is 527 g/mol. The van der Waals surface area contributed by atoms with Crippen LogP contribution in [0, 0.1) is 0 Å². The molecule has 0 aromatic carbocycles. The van der Waals surface area contributed by atoms with Crippen LogP contribution in [-0.4, -0.2) is 86.5 Å². The number of unbranched alkanes of at least 4 members (excludes halogenated alkanes) is 1. The fourth-order valence-electron chi connectivity index (χ4n) is 3.22. The highest BCUT2D eigenvalue weighted by Gasteiger charge is 2.31. The number of nitrogens with two attached hydrogens (primary N) is 3. The molecule has 1 aromatic heterocycles. The second kappa shape index (κ2) is 15.8. The molecule has 0 saturated carbocycles. The molecule has 1 heterocycles. The first-order valence-electron chi connectivity index (χ1n) is 11.5. The van der Waals surface area contributed by atoms with Crippen LogP contribution in [0.4, 0.5) is 0 Å².